The second-order valence-electron chi connectivity index (χ2n) is 4.04. The number of methoxy groups -OCH3 is 1. The summed E-state index contributed by atoms with van der Waals surface area (Å²) in [6.45, 7) is 1.18. The highest BCUT2D eigenvalue weighted by Crippen LogP contribution is 2.37. The van der Waals surface area contributed by atoms with Gasteiger partial charge in [0.1, 0.15) is 0 Å². The van der Waals surface area contributed by atoms with Crippen LogP contribution in [0, 0.1) is 0 Å². The molecule has 0 unspecified atom stereocenters. The summed E-state index contributed by atoms with van der Waals surface area (Å²) >= 11 is 1.78. The lowest BCUT2D eigenvalue weighted by molar-refractivity contribution is 0.181. The first-order valence-corrected chi connectivity index (χ1v) is 6.34. The molecular formula is C11H18N2OS. The van der Waals surface area contributed by atoms with E-state index < -0.39 is 0 Å². The Balaban J connectivity index is 2.17. The summed E-state index contributed by atoms with van der Waals surface area (Å²) in [6, 6.07) is 0. The number of hydrogen-bond donors (Lipinski definition) is 1. The van der Waals surface area contributed by atoms with Gasteiger partial charge in [-0.25, -0.2) is 4.98 Å². The van der Waals surface area contributed by atoms with Crippen LogP contribution >= 0.6 is 11.3 Å². The Kier molecular flexibility index (Phi) is 3.72. The minimum atomic E-state index is 0.586. The zero-order valence-electron chi connectivity index (χ0n) is 9.16. The average Bonchev–Trinajstić information content (AvgIpc) is 2.84. The largest absolute Gasteiger partial charge is 0.378 e. The van der Waals surface area contributed by atoms with Crippen molar-refractivity contribution in [3.05, 3.63) is 15.6 Å². The molecule has 4 heteroatoms. The third kappa shape index (κ3) is 2.38. The molecule has 0 radical (unpaired) electrons. The Hall–Kier alpha value is -0.450. The number of aromatic nitrogens is 1. The normalized spacial score (nSPS) is 17.5. The number of nitrogens with zero attached hydrogens (tertiary/aromatic N) is 1. The maximum absolute atomic E-state index is 5.71. The van der Waals surface area contributed by atoms with Crippen molar-refractivity contribution in [2.24, 2.45) is 5.73 Å². The van der Waals surface area contributed by atoms with Gasteiger partial charge in [0.05, 0.1) is 17.3 Å². The topological polar surface area (TPSA) is 48.1 Å². The molecule has 0 spiro atoms. The van der Waals surface area contributed by atoms with Crippen molar-refractivity contribution in [3.63, 3.8) is 0 Å². The van der Waals surface area contributed by atoms with Gasteiger partial charge in [-0.05, 0) is 12.8 Å². The molecule has 1 aromatic heterocycles. The van der Waals surface area contributed by atoms with Crippen LogP contribution in [0.4, 0.5) is 0 Å². The van der Waals surface area contributed by atoms with Gasteiger partial charge in [-0.1, -0.05) is 12.8 Å². The number of hydrogen-bond acceptors (Lipinski definition) is 4. The van der Waals surface area contributed by atoms with Crippen molar-refractivity contribution in [2.45, 2.75) is 44.8 Å². The Labute approximate surface area is 94.7 Å². The number of nitrogens with two attached hydrogens (primary N) is 1. The molecule has 0 atom stereocenters. The monoisotopic (exact) mass is 226 g/mol. The molecule has 1 heterocycles. The van der Waals surface area contributed by atoms with Crippen molar-refractivity contribution < 1.29 is 4.74 Å². The summed E-state index contributed by atoms with van der Waals surface area (Å²) < 4.78 is 5.13. The third-order valence-electron chi connectivity index (χ3n) is 2.97. The predicted octanol–water partition coefficient (Wildman–Crippen LogP) is 2.41. The molecule has 1 fully saturated rings. The number of ether oxygens (including phenoxy) is 1. The van der Waals surface area contributed by atoms with Crippen LogP contribution in [0.3, 0.4) is 0 Å². The molecule has 1 aliphatic carbocycles. The van der Waals surface area contributed by atoms with E-state index in [4.69, 9.17) is 10.5 Å². The number of thiazole rings is 1. The van der Waals surface area contributed by atoms with Gasteiger partial charge in [0.25, 0.3) is 0 Å². The lowest BCUT2D eigenvalue weighted by atomic mass is 10.1. The summed E-state index contributed by atoms with van der Waals surface area (Å²) in [6.07, 6.45) is 5.29. The fourth-order valence-electron chi connectivity index (χ4n) is 2.16. The average molecular weight is 226 g/mol. The summed E-state index contributed by atoms with van der Waals surface area (Å²) in [4.78, 5) is 5.86. The summed E-state index contributed by atoms with van der Waals surface area (Å²) in [5.41, 5.74) is 6.76. The molecule has 0 bridgehead atoms. The van der Waals surface area contributed by atoms with Crippen molar-refractivity contribution in [3.8, 4) is 0 Å². The van der Waals surface area contributed by atoms with Gasteiger partial charge in [-0.2, -0.15) is 0 Å². The summed E-state index contributed by atoms with van der Waals surface area (Å²) in [7, 11) is 1.70. The molecule has 1 aliphatic rings. The van der Waals surface area contributed by atoms with Crippen molar-refractivity contribution in [1.82, 2.24) is 4.98 Å². The van der Waals surface area contributed by atoms with Crippen molar-refractivity contribution >= 4 is 11.3 Å². The Morgan fingerprint density at radius 1 is 1.47 bits per heavy atom. The quantitative estimate of drug-likeness (QED) is 0.857. The highest BCUT2D eigenvalue weighted by Gasteiger charge is 2.21. The van der Waals surface area contributed by atoms with Crippen LogP contribution in [0.15, 0.2) is 0 Å². The molecule has 1 saturated carbocycles. The third-order valence-corrected chi connectivity index (χ3v) is 4.25. The van der Waals surface area contributed by atoms with Gasteiger partial charge in [-0.3, -0.25) is 0 Å². The van der Waals surface area contributed by atoms with Gasteiger partial charge in [-0.15, -0.1) is 11.3 Å². The van der Waals surface area contributed by atoms with Crippen LogP contribution in [0.5, 0.6) is 0 Å². The SMILES string of the molecule is COCc1nc(C2CCCC2)sc1CN. The molecule has 0 amide bonds. The second kappa shape index (κ2) is 5.05. The fraction of sp³-hybridized carbons (Fsp3) is 0.727. The van der Waals surface area contributed by atoms with E-state index in [0.29, 0.717) is 19.1 Å². The first-order chi connectivity index (χ1) is 7.35. The highest BCUT2D eigenvalue weighted by molar-refractivity contribution is 7.11. The van der Waals surface area contributed by atoms with E-state index in [1.54, 1.807) is 18.4 Å². The van der Waals surface area contributed by atoms with E-state index in [9.17, 15) is 0 Å². The van der Waals surface area contributed by atoms with Crippen LogP contribution in [-0.2, 0) is 17.9 Å². The molecular weight excluding hydrogens is 208 g/mol. The van der Waals surface area contributed by atoms with E-state index in [1.807, 2.05) is 0 Å². The fourth-order valence-corrected chi connectivity index (χ4v) is 3.28. The molecule has 15 heavy (non-hydrogen) atoms. The lowest BCUT2D eigenvalue weighted by Gasteiger charge is -2.02. The standard InChI is InChI=1S/C11H18N2OS/c1-14-7-9-10(6-12)15-11(13-9)8-4-2-3-5-8/h8H,2-7,12H2,1H3. The van der Waals surface area contributed by atoms with Gasteiger partial charge in [0.15, 0.2) is 0 Å². The molecule has 3 nitrogen and oxygen atoms in total. The maximum Gasteiger partial charge on any atom is 0.0963 e. The smallest absolute Gasteiger partial charge is 0.0963 e. The van der Waals surface area contributed by atoms with Crippen LogP contribution < -0.4 is 5.73 Å². The zero-order chi connectivity index (χ0) is 10.7. The first-order valence-electron chi connectivity index (χ1n) is 5.52. The van der Waals surface area contributed by atoms with Gasteiger partial charge >= 0.3 is 0 Å². The van der Waals surface area contributed by atoms with Gasteiger partial charge < -0.3 is 10.5 Å². The highest BCUT2D eigenvalue weighted by atomic mass is 32.1. The van der Waals surface area contributed by atoms with E-state index in [1.165, 1.54) is 35.6 Å². The van der Waals surface area contributed by atoms with Crippen LogP contribution in [0.1, 0.15) is 47.2 Å². The molecule has 2 N–H and O–H groups in total. The maximum atomic E-state index is 5.71. The van der Waals surface area contributed by atoms with Crippen LogP contribution in [-0.4, -0.2) is 12.1 Å². The minimum Gasteiger partial charge on any atom is -0.378 e. The van der Waals surface area contributed by atoms with Crippen molar-refractivity contribution in [1.29, 1.82) is 0 Å². The molecule has 84 valence electrons. The van der Waals surface area contributed by atoms with E-state index in [2.05, 4.69) is 4.98 Å². The molecule has 2 rings (SSSR count). The number of rotatable bonds is 4. The Bertz CT molecular complexity index is 318. The summed E-state index contributed by atoms with van der Waals surface area (Å²) in [5, 5.41) is 1.28. The Morgan fingerprint density at radius 3 is 2.80 bits per heavy atom. The molecule has 0 aliphatic heterocycles. The van der Waals surface area contributed by atoms with E-state index >= 15 is 0 Å². The first kappa shape index (κ1) is 11.0. The Morgan fingerprint density at radius 2 is 2.20 bits per heavy atom. The molecule has 0 aromatic carbocycles. The predicted molar refractivity (Wildman–Crippen MR) is 61.9 cm³/mol. The van der Waals surface area contributed by atoms with E-state index in [-0.39, 0.29) is 0 Å². The lowest BCUT2D eigenvalue weighted by Crippen LogP contribution is -1.99. The van der Waals surface area contributed by atoms with Gasteiger partial charge in [0.2, 0.25) is 0 Å². The van der Waals surface area contributed by atoms with Crippen LogP contribution in [0.25, 0.3) is 0 Å². The van der Waals surface area contributed by atoms with Crippen molar-refractivity contribution in [2.75, 3.05) is 7.11 Å². The summed E-state index contributed by atoms with van der Waals surface area (Å²) in [5.74, 6) is 0.686. The van der Waals surface area contributed by atoms with Crippen LogP contribution in [0.2, 0.25) is 0 Å². The van der Waals surface area contributed by atoms with Gasteiger partial charge in [0, 0.05) is 24.4 Å². The van der Waals surface area contributed by atoms with E-state index in [0.717, 1.165) is 5.69 Å². The second-order valence-corrected chi connectivity index (χ2v) is 5.16. The minimum absolute atomic E-state index is 0.586. The molecule has 1 aromatic rings. The molecule has 0 saturated heterocycles. The zero-order valence-corrected chi connectivity index (χ0v) is 9.98.